The summed E-state index contributed by atoms with van der Waals surface area (Å²) in [4.78, 5) is 16.6. The first-order valence-corrected chi connectivity index (χ1v) is 11.8. The van der Waals surface area contributed by atoms with Crippen LogP contribution in [0, 0.1) is 0 Å². The van der Waals surface area contributed by atoms with Crippen LogP contribution in [0.2, 0.25) is 0 Å². The van der Waals surface area contributed by atoms with Crippen LogP contribution in [-0.4, -0.2) is 31.8 Å². The standard InChI is InChI=1S/C28H26F3N3O4/c1-36-25-16-22-23(17-26(25)37-2)32-14-12-24(22)38-21-10-8-20(9-11-21)34-27(35)33-13-4-6-18-5-3-7-19(15-18)28(29,30)31/h3,5,7-12,14-17H,4,6,13H2,1-2H3,(H2,33,34,35). The normalized spacial score (nSPS) is 11.2. The van der Waals surface area contributed by atoms with Crippen molar-refractivity contribution in [3.8, 4) is 23.0 Å². The predicted octanol–water partition coefficient (Wildman–Crippen LogP) is 6.82. The van der Waals surface area contributed by atoms with Crippen LogP contribution in [0.15, 0.2) is 72.9 Å². The van der Waals surface area contributed by atoms with Crippen molar-refractivity contribution in [1.29, 1.82) is 0 Å². The molecule has 38 heavy (non-hydrogen) atoms. The average molecular weight is 526 g/mol. The highest BCUT2D eigenvalue weighted by molar-refractivity contribution is 5.89. The Labute approximate surface area is 217 Å². The molecule has 4 rings (SSSR count). The Morgan fingerprint density at radius 3 is 2.37 bits per heavy atom. The first-order valence-electron chi connectivity index (χ1n) is 11.8. The van der Waals surface area contributed by atoms with Gasteiger partial charge >= 0.3 is 12.2 Å². The Morgan fingerprint density at radius 1 is 0.921 bits per heavy atom. The van der Waals surface area contributed by atoms with Crippen LogP contribution < -0.4 is 24.8 Å². The zero-order valence-corrected chi connectivity index (χ0v) is 20.8. The Kier molecular flexibility index (Phi) is 8.20. The number of benzene rings is 3. The Hall–Kier alpha value is -4.47. The topological polar surface area (TPSA) is 81.7 Å². The van der Waals surface area contributed by atoms with Crippen molar-refractivity contribution in [2.45, 2.75) is 19.0 Å². The van der Waals surface area contributed by atoms with Gasteiger partial charge in [-0.15, -0.1) is 0 Å². The van der Waals surface area contributed by atoms with Crippen molar-refractivity contribution >= 4 is 22.6 Å². The van der Waals surface area contributed by atoms with E-state index in [2.05, 4.69) is 15.6 Å². The number of rotatable bonds is 9. The third-order valence-electron chi connectivity index (χ3n) is 5.73. The van der Waals surface area contributed by atoms with Crippen molar-refractivity contribution in [3.63, 3.8) is 0 Å². The molecule has 1 aromatic heterocycles. The molecule has 0 saturated carbocycles. The van der Waals surface area contributed by atoms with Gasteiger partial charge in [-0.05, 0) is 60.9 Å². The highest BCUT2D eigenvalue weighted by atomic mass is 19.4. The number of halogens is 3. The molecule has 0 fully saturated rings. The molecule has 0 bridgehead atoms. The van der Waals surface area contributed by atoms with Crippen molar-refractivity contribution < 1.29 is 32.2 Å². The van der Waals surface area contributed by atoms with E-state index in [1.165, 1.54) is 6.07 Å². The fraction of sp³-hybridized carbons (Fsp3) is 0.214. The number of carbonyl (C=O) groups excluding carboxylic acids is 1. The van der Waals surface area contributed by atoms with Gasteiger partial charge in [0, 0.05) is 29.9 Å². The summed E-state index contributed by atoms with van der Waals surface area (Å²) in [5.74, 6) is 2.25. The van der Waals surface area contributed by atoms with Gasteiger partial charge in [0.1, 0.15) is 11.5 Å². The van der Waals surface area contributed by atoms with Gasteiger partial charge in [0.05, 0.1) is 25.3 Å². The van der Waals surface area contributed by atoms with Crippen molar-refractivity contribution in [1.82, 2.24) is 10.3 Å². The monoisotopic (exact) mass is 525 g/mol. The SMILES string of the molecule is COc1cc2nccc(Oc3ccc(NC(=O)NCCCc4cccc(C(F)(F)F)c4)cc3)c2cc1OC. The van der Waals surface area contributed by atoms with Crippen LogP contribution in [-0.2, 0) is 12.6 Å². The molecule has 10 heteroatoms. The first-order chi connectivity index (χ1) is 18.3. The number of hydrogen-bond donors (Lipinski definition) is 2. The third-order valence-corrected chi connectivity index (χ3v) is 5.73. The number of amides is 2. The summed E-state index contributed by atoms with van der Waals surface area (Å²) in [5, 5.41) is 6.18. The van der Waals surface area contributed by atoms with Gasteiger partial charge in [-0.3, -0.25) is 4.98 Å². The maximum absolute atomic E-state index is 12.8. The zero-order chi connectivity index (χ0) is 27.1. The molecule has 0 aliphatic heterocycles. The number of anilines is 1. The number of ether oxygens (including phenoxy) is 3. The molecule has 7 nitrogen and oxygen atoms in total. The summed E-state index contributed by atoms with van der Waals surface area (Å²) in [5.41, 5.74) is 1.13. The molecule has 0 radical (unpaired) electrons. The molecule has 0 aliphatic rings. The number of aromatic nitrogens is 1. The van der Waals surface area contributed by atoms with Crippen molar-refractivity contribution in [2.24, 2.45) is 0 Å². The summed E-state index contributed by atoms with van der Waals surface area (Å²) in [6.45, 7) is 0.312. The molecular weight excluding hydrogens is 499 g/mol. The van der Waals surface area contributed by atoms with Crippen LogP contribution >= 0.6 is 0 Å². The minimum atomic E-state index is -4.37. The third kappa shape index (κ3) is 6.64. The number of urea groups is 1. The van der Waals surface area contributed by atoms with E-state index in [-0.39, 0.29) is 0 Å². The Bertz CT molecular complexity index is 1410. The molecule has 0 atom stereocenters. The molecule has 3 aromatic carbocycles. The van der Waals surface area contributed by atoms with E-state index in [1.54, 1.807) is 68.9 Å². The lowest BCUT2D eigenvalue weighted by Crippen LogP contribution is -2.29. The smallest absolute Gasteiger partial charge is 0.416 e. The molecule has 0 unspecified atom stereocenters. The first kappa shape index (κ1) is 26.6. The summed E-state index contributed by atoms with van der Waals surface area (Å²) in [6.07, 6.45) is -1.82. The number of alkyl halides is 3. The van der Waals surface area contributed by atoms with Gasteiger partial charge < -0.3 is 24.8 Å². The Morgan fingerprint density at radius 2 is 1.66 bits per heavy atom. The maximum Gasteiger partial charge on any atom is 0.416 e. The number of pyridine rings is 1. The second-order valence-corrected chi connectivity index (χ2v) is 8.34. The van der Waals surface area contributed by atoms with Gasteiger partial charge in [-0.2, -0.15) is 13.2 Å². The number of aryl methyl sites for hydroxylation is 1. The second kappa shape index (κ2) is 11.7. The van der Waals surface area contributed by atoms with Gasteiger partial charge in [-0.1, -0.05) is 18.2 Å². The lowest BCUT2D eigenvalue weighted by Gasteiger charge is -2.13. The predicted molar refractivity (Wildman–Crippen MR) is 138 cm³/mol. The van der Waals surface area contributed by atoms with Crippen LogP contribution in [0.3, 0.4) is 0 Å². The van der Waals surface area contributed by atoms with Gasteiger partial charge in [-0.25, -0.2) is 4.79 Å². The fourth-order valence-corrected chi connectivity index (χ4v) is 3.84. The molecular formula is C28H26F3N3O4. The quantitative estimate of drug-likeness (QED) is 0.235. The summed E-state index contributed by atoms with van der Waals surface area (Å²) in [6, 6.07) is 16.9. The molecule has 198 valence electrons. The molecule has 1 heterocycles. The molecule has 2 amide bonds. The molecule has 4 aromatic rings. The minimum absolute atomic E-state index is 0.312. The zero-order valence-electron chi connectivity index (χ0n) is 20.8. The molecule has 2 N–H and O–H groups in total. The van der Waals surface area contributed by atoms with E-state index >= 15 is 0 Å². The van der Waals surface area contributed by atoms with Crippen LogP contribution in [0.1, 0.15) is 17.5 Å². The van der Waals surface area contributed by atoms with Crippen molar-refractivity contribution in [2.75, 3.05) is 26.1 Å². The molecule has 0 spiro atoms. The number of nitrogens with zero attached hydrogens (tertiary/aromatic N) is 1. The maximum atomic E-state index is 12.8. The van der Waals surface area contributed by atoms with Crippen LogP contribution in [0.5, 0.6) is 23.0 Å². The van der Waals surface area contributed by atoms with E-state index in [0.717, 1.165) is 17.5 Å². The number of nitrogens with one attached hydrogen (secondary N) is 2. The number of fused-ring (bicyclic) bond motifs is 1. The van der Waals surface area contributed by atoms with E-state index in [0.29, 0.717) is 59.2 Å². The average Bonchev–Trinajstić information content (AvgIpc) is 2.91. The molecule has 0 saturated heterocycles. The van der Waals surface area contributed by atoms with Gasteiger partial charge in [0.15, 0.2) is 11.5 Å². The summed E-state index contributed by atoms with van der Waals surface area (Å²) in [7, 11) is 3.11. The van der Waals surface area contributed by atoms with E-state index in [1.807, 2.05) is 0 Å². The van der Waals surface area contributed by atoms with Gasteiger partial charge in [0.25, 0.3) is 0 Å². The van der Waals surface area contributed by atoms with E-state index in [9.17, 15) is 18.0 Å². The summed E-state index contributed by atoms with van der Waals surface area (Å²) >= 11 is 0. The molecule has 0 aliphatic carbocycles. The van der Waals surface area contributed by atoms with Crippen LogP contribution in [0.25, 0.3) is 10.9 Å². The van der Waals surface area contributed by atoms with Crippen molar-refractivity contribution in [3.05, 3.63) is 84.1 Å². The number of carbonyl (C=O) groups is 1. The highest BCUT2D eigenvalue weighted by Gasteiger charge is 2.30. The van der Waals surface area contributed by atoms with Gasteiger partial charge in [0.2, 0.25) is 0 Å². The lowest BCUT2D eigenvalue weighted by molar-refractivity contribution is -0.137. The van der Waals surface area contributed by atoms with E-state index < -0.39 is 17.8 Å². The highest BCUT2D eigenvalue weighted by Crippen LogP contribution is 2.37. The lowest BCUT2D eigenvalue weighted by atomic mass is 10.1. The van der Waals surface area contributed by atoms with Crippen LogP contribution in [0.4, 0.5) is 23.7 Å². The minimum Gasteiger partial charge on any atom is -0.493 e. The second-order valence-electron chi connectivity index (χ2n) is 8.34. The Balaban J connectivity index is 1.30. The fourth-order valence-electron chi connectivity index (χ4n) is 3.84. The summed E-state index contributed by atoms with van der Waals surface area (Å²) < 4.78 is 55.3. The largest absolute Gasteiger partial charge is 0.493 e. The van der Waals surface area contributed by atoms with E-state index in [4.69, 9.17) is 14.2 Å². The number of hydrogen-bond acceptors (Lipinski definition) is 5. The number of methoxy groups -OCH3 is 2.